The van der Waals surface area contributed by atoms with Crippen molar-refractivity contribution in [1.29, 1.82) is 0 Å². The molecule has 0 spiro atoms. The van der Waals surface area contributed by atoms with Crippen molar-refractivity contribution in [2.24, 2.45) is 23.2 Å². The maximum Gasteiger partial charge on any atom is 0.271 e. The van der Waals surface area contributed by atoms with E-state index in [1.807, 2.05) is 0 Å². The molecule has 4 aliphatic rings. The summed E-state index contributed by atoms with van der Waals surface area (Å²) in [6.45, 7) is 0. The Balaban J connectivity index is 1.41. The van der Waals surface area contributed by atoms with Gasteiger partial charge in [0.25, 0.3) is 5.91 Å². The third-order valence-corrected chi connectivity index (χ3v) is 6.21. The molecule has 1 aromatic heterocycles. The lowest BCUT2D eigenvalue weighted by molar-refractivity contribution is -0.147. The van der Waals surface area contributed by atoms with Gasteiger partial charge in [0.1, 0.15) is 0 Å². The van der Waals surface area contributed by atoms with Gasteiger partial charge in [0.15, 0.2) is 0 Å². The van der Waals surface area contributed by atoms with Crippen LogP contribution in [0.25, 0.3) is 0 Å². The Hall–Kier alpha value is -1.43. The number of hydrogen-bond acceptors (Lipinski definition) is 3. The molecule has 4 fully saturated rings. The number of rotatable bonds is 2. The second-order valence-electron chi connectivity index (χ2n) is 7.50. The Morgan fingerprint density at radius 2 is 1.65 bits per heavy atom. The van der Waals surface area contributed by atoms with Crippen LogP contribution in [-0.2, 0) is 4.79 Å². The molecule has 2 amide bonds. The minimum absolute atomic E-state index is 0.00657. The Morgan fingerprint density at radius 1 is 1.04 bits per heavy atom. The van der Waals surface area contributed by atoms with E-state index in [1.54, 1.807) is 12.3 Å². The highest BCUT2D eigenvalue weighted by atomic mass is 79.9. The zero-order valence-electron chi connectivity index (χ0n) is 12.8. The number of carbonyl (C=O) groups is 2. The number of hydrazine groups is 1. The molecule has 1 heterocycles. The van der Waals surface area contributed by atoms with E-state index in [0.29, 0.717) is 23.3 Å². The smallest absolute Gasteiger partial charge is 0.271 e. The highest BCUT2D eigenvalue weighted by Crippen LogP contribution is 2.59. The minimum Gasteiger partial charge on any atom is -0.273 e. The Morgan fingerprint density at radius 3 is 2.22 bits per heavy atom. The number of nitrogens with zero attached hydrogens (tertiary/aromatic N) is 1. The maximum atomic E-state index is 12.7. The van der Waals surface area contributed by atoms with Crippen molar-refractivity contribution in [2.45, 2.75) is 38.5 Å². The number of carbonyl (C=O) groups excluding carboxylic acids is 2. The molecule has 122 valence electrons. The summed E-state index contributed by atoms with van der Waals surface area (Å²) >= 11 is 3.29. The molecule has 5 rings (SSSR count). The quantitative estimate of drug-likeness (QED) is 0.778. The zero-order chi connectivity index (χ0) is 16.0. The van der Waals surface area contributed by atoms with E-state index in [4.69, 9.17) is 0 Å². The fourth-order valence-corrected chi connectivity index (χ4v) is 5.61. The van der Waals surface area contributed by atoms with Crippen LogP contribution in [0.5, 0.6) is 0 Å². The summed E-state index contributed by atoms with van der Waals surface area (Å²) in [5, 5.41) is 0. The predicted molar refractivity (Wildman–Crippen MR) is 88.2 cm³/mol. The van der Waals surface area contributed by atoms with Crippen molar-refractivity contribution in [3.05, 3.63) is 28.5 Å². The molecule has 0 aliphatic heterocycles. The molecule has 0 unspecified atom stereocenters. The molecular weight excluding hydrogens is 358 g/mol. The summed E-state index contributed by atoms with van der Waals surface area (Å²) in [5.74, 6) is 1.77. The van der Waals surface area contributed by atoms with Crippen molar-refractivity contribution in [3.63, 3.8) is 0 Å². The summed E-state index contributed by atoms with van der Waals surface area (Å²) in [5.41, 5.74) is 5.40. The average Bonchev–Trinajstić information content (AvgIpc) is 2.51. The van der Waals surface area contributed by atoms with E-state index in [1.165, 1.54) is 25.5 Å². The number of aromatic nitrogens is 1. The topological polar surface area (TPSA) is 71.1 Å². The summed E-state index contributed by atoms with van der Waals surface area (Å²) in [7, 11) is 0. The first-order chi connectivity index (χ1) is 11.0. The monoisotopic (exact) mass is 377 g/mol. The number of pyridine rings is 1. The lowest BCUT2D eigenvalue weighted by Gasteiger charge is -2.55. The van der Waals surface area contributed by atoms with Gasteiger partial charge in [-0.25, -0.2) is 0 Å². The van der Waals surface area contributed by atoms with Gasteiger partial charge in [0.2, 0.25) is 5.91 Å². The molecule has 0 saturated heterocycles. The molecule has 23 heavy (non-hydrogen) atoms. The van der Waals surface area contributed by atoms with E-state index in [2.05, 4.69) is 31.8 Å². The fourth-order valence-electron chi connectivity index (χ4n) is 5.24. The molecule has 4 aliphatic carbocycles. The third kappa shape index (κ3) is 2.77. The van der Waals surface area contributed by atoms with Gasteiger partial charge in [-0.3, -0.25) is 25.4 Å². The predicted octanol–water partition coefficient (Wildman–Crippen LogP) is 2.82. The van der Waals surface area contributed by atoms with Gasteiger partial charge in [0, 0.05) is 16.9 Å². The van der Waals surface area contributed by atoms with Gasteiger partial charge >= 0.3 is 0 Å². The first kappa shape index (κ1) is 15.1. The Bertz CT molecular complexity index is 626. The zero-order valence-corrected chi connectivity index (χ0v) is 14.4. The molecule has 2 N–H and O–H groups in total. The second-order valence-corrected chi connectivity index (χ2v) is 8.41. The molecule has 5 nitrogen and oxygen atoms in total. The largest absolute Gasteiger partial charge is 0.273 e. The Labute approximate surface area is 143 Å². The van der Waals surface area contributed by atoms with Crippen molar-refractivity contribution < 1.29 is 9.59 Å². The van der Waals surface area contributed by atoms with Crippen LogP contribution in [0.2, 0.25) is 0 Å². The standard InChI is InChI=1S/C17H20BrN3O2/c18-14-4-13(8-19-9-14)15(22)20-21-16(23)17-5-10-1-11(6-17)3-12(2-10)7-17/h4,8-12H,1-3,5-7H2,(H,20,22)(H,21,23). The molecule has 0 radical (unpaired) electrons. The molecule has 0 aromatic carbocycles. The van der Waals surface area contributed by atoms with Crippen LogP contribution in [0.1, 0.15) is 48.9 Å². The highest BCUT2D eigenvalue weighted by molar-refractivity contribution is 9.10. The van der Waals surface area contributed by atoms with E-state index < -0.39 is 0 Å². The molecule has 0 atom stereocenters. The van der Waals surface area contributed by atoms with Gasteiger partial charge in [-0.05, 0) is 78.3 Å². The number of halogens is 1. The fraction of sp³-hybridized carbons (Fsp3) is 0.588. The lowest BCUT2D eigenvalue weighted by Crippen LogP contribution is -2.56. The first-order valence-electron chi connectivity index (χ1n) is 8.25. The van der Waals surface area contributed by atoms with Crippen molar-refractivity contribution in [2.75, 3.05) is 0 Å². The maximum absolute atomic E-state index is 12.7. The lowest BCUT2D eigenvalue weighted by atomic mass is 9.49. The van der Waals surface area contributed by atoms with Crippen LogP contribution in [0.15, 0.2) is 22.9 Å². The normalized spacial score (nSPS) is 34.2. The molecule has 6 heteroatoms. The Kier molecular flexibility index (Phi) is 3.67. The second kappa shape index (κ2) is 5.58. The third-order valence-electron chi connectivity index (χ3n) is 5.78. The molecule has 1 aromatic rings. The van der Waals surface area contributed by atoms with Crippen LogP contribution in [0.4, 0.5) is 0 Å². The van der Waals surface area contributed by atoms with Crippen LogP contribution >= 0.6 is 15.9 Å². The molecular formula is C17H20BrN3O2. The van der Waals surface area contributed by atoms with Gasteiger partial charge in [-0.2, -0.15) is 0 Å². The van der Waals surface area contributed by atoms with Crippen molar-refractivity contribution in [3.8, 4) is 0 Å². The summed E-state index contributed by atoms with van der Waals surface area (Å²) < 4.78 is 0.734. The summed E-state index contributed by atoms with van der Waals surface area (Å²) in [4.78, 5) is 28.9. The minimum atomic E-state index is -0.336. The van der Waals surface area contributed by atoms with Crippen molar-refractivity contribution >= 4 is 27.7 Å². The summed E-state index contributed by atoms with van der Waals surface area (Å²) in [6, 6.07) is 1.68. The van der Waals surface area contributed by atoms with Crippen LogP contribution < -0.4 is 10.9 Å². The van der Waals surface area contributed by atoms with Gasteiger partial charge in [0.05, 0.1) is 11.0 Å². The van der Waals surface area contributed by atoms with Gasteiger partial charge in [-0.15, -0.1) is 0 Å². The molecule has 4 saturated carbocycles. The average molecular weight is 378 g/mol. The van der Waals surface area contributed by atoms with Crippen molar-refractivity contribution in [1.82, 2.24) is 15.8 Å². The number of hydrogen-bond donors (Lipinski definition) is 2. The van der Waals surface area contributed by atoms with E-state index >= 15 is 0 Å². The first-order valence-corrected chi connectivity index (χ1v) is 9.05. The van der Waals surface area contributed by atoms with Crippen LogP contribution in [-0.4, -0.2) is 16.8 Å². The van der Waals surface area contributed by atoms with E-state index in [9.17, 15) is 9.59 Å². The highest BCUT2D eigenvalue weighted by Gasteiger charge is 2.54. The number of amides is 2. The van der Waals surface area contributed by atoms with Gasteiger partial charge in [-0.1, -0.05) is 0 Å². The SMILES string of the molecule is O=C(NNC(=O)C12CC3CC(CC(C3)C1)C2)c1cncc(Br)c1. The van der Waals surface area contributed by atoms with Crippen LogP contribution in [0, 0.1) is 23.2 Å². The van der Waals surface area contributed by atoms with E-state index in [0.717, 1.165) is 23.7 Å². The number of nitrogens with one attached hydrogen (secondary N) is 2. The van der Waals surface area contributed by atoms with Crippen LogP contribution in [0.3, 0.4) is 0 Å². The van der Waals surface area contributed by atoms with E-state index in [-0.39, 0.29) is 17.2 Å². The summed E-state index contributed by atoms with van der Waals surface area (Å²) in [6.07, 6.45) is 9.94. The molecule has 4 bridgehead atoms. The van der Waals surface area contributed by atoms with Gasteiger partial charge < -0.3 is 0 Å².